The molecule has 2 nitrogen and oxygen atoms in total. The molecule has 1 heterocycles. The van der Waals surface area contributed by atoms with Gasteiger partial charge in [-0.3, -0.25) is 0 Å². The van der Waals surface area contributed by atoms with Crippen molar-refractivity contribution >= 4 is 0 Å². The van der Waals surface area contributed by atoms with Gasteiger partial charge >= 0.3 is 0 Å². The van der Waals surface area contributed by atoms with E-state index in [0.29, 0.717) is 17.9 Å². The summed E-state index contributed by atoms with van der Waals surface area (Å²) in [5.74, 6) is 2.62. The molecule has 2 atom stereocenters. The number of hydrogen-bond donors (Lipinski definition) is 0. The lowest BCUT2D eigenvalue weighted by atomic mass is 9.89. The maximum Gasteiger partial charge on any atom is 0.112 e. The SMILES string of the molecule is CCCCCCCCCCCC(c1nccn1C(C)CCCCCCC)C(C)C. The average molecular weight is 405 g/mol. The third-order valence-corrected chi connectivity index (χ3v) is 6.65. The van der Waals surface area contributed by atoms with E-state index in [2.05, 4.69) is 45.4 Å². The number of nitrogens with zero attached hydrogens (tertiary/aromatic N) is 2. The van der Waals surface area contributed by atoms with Gasteiger partial charge in [-0.05, 0) is 25.7 Å². The first-order valence-corrected chi connectivity index (χ1v) is 13.1. The van der Waals surface area contributed by atoms with Gasteiger partial charge in [0.25, 0.3) is 0 Å². The second kappa shape index (κ2) is 16.9. The Balaban J connectivity index is 2.39. The Morgan fingerprint density at radius 2 is 1.17 bits per heavy atom. The lowest BCUT2D eigenvalue weighted by molar-refractivity contribution is 0.382. The zero-order valence-electron chi connectivity index (χ0n) is 20.6. The summed E-state index contributed by atoms with van der Waals surface area (Å²) in [6, 6.07) is 0.582. The summed E-state index contributed by atoms with van der Waals surface area (Å²) in [6.07, 6.45) is 26.4. The molecule has 0 bridgehead atoms. The summed E-state index contributed by atoms with van der Waals surface area (Å²) < 4.78 is 2.50. The zero-order chi connectivity index (χ0) is 21.3. The molecule has 0 radical (unpaired) electrons. The summed E-state index contributed by atoms with van der Waals surface area (Å²) in [5, 5.41) is 0. The summed E-state index contributed by atoms with van der Waals surface area (Å²) >= 11 is 0. The van der Waals surface area contributed by atoms with Gasteiger partial charge < -0.3 is 4.57 Å². The first kappa shape index (κ1) is 26.2. The van der Waals surface area contributed by atoms with Crippen molar-refractivity contribution in [2.24, 2.45) is 5.92 Å². The van der Waals surface area contributed by atoms with E-state index in [9.17, 15) is 0 Å². The van der Waals surface area contributed by atoms with Crippen LogP contribution in [0.25, 0.3) is 0 Å². The fourth-order valence-electron chi connectivity index (χ4n) is 4.60. The van der Waals surface area contributed by atoms with Crippen LogP contribution < -0.4 is 0 Å². The molecular weight excluding hydrogens is 352 g/mol. The maximum absolute atomic E-state index is 4.84. The number of aromatic nitrogens is 2. The highest BCUT2D eigenvalue weighted by molar-refractivity contribution is 5.03. The summed E-state index contributed by atoms with van der Waals surface area (Å²) in [6.45, 7) is 11.7. The molecule has 1 aromatic rings. The lowest BCUT2D eigenvalue weighted by Gasteiger charge is -2.25. The third-order valence-electron chi connectivity index (χ3n) is 6.65. The molecule has 0 fully saturated rings. The van der Waals surface area contributed by atoms with Crippen LogP contribution in [0.15, 0.2) is 12.4 Å². The van der Waals surface area contributed by atoms with Crippen LogP contribution in [0.2, 0.25) is 0 Å². The molecule has 0 aliphatic carbocycles. The molecule has 170 valence electrons. The van der Waals surface area contributed by atoms with Gasteiger partial charge in [0, 0.05) is 24.4 Å². The zero-order valence-corrected chi connectivity index (χ0v) is 20.6. The molecule has 1 aromatic heterocycles. The molecule has 2 unspecified atom stereocenters. The van der Waals surface area contributed by atoms with E-state index in [1.165, 1.54) is 109 Å². The van der Waals surface area contributed by atoms with Crippen LogP contribution in [0.3, 0.4) is 0 Å². The Labute approximate surface area is 183 Å². The normalized spacial score (nSPS) is 13.9. The number of hydrogen-bond acceptors (Lipinski definition) is 1. The third kappa shape index (κ3) is 11.2. The van der Waals surface area contributed by atoms with E-state index < -0.39 is 0 Å². The van der Waals surface area contributed by atoms with Crippen LogP contribution in [0.5, 0.6) is 0 Å². The van der Waals surface area contributed by atoms with Crippen molar-refractivity contribution in [2.75, 3.05) is 0 Å². The van der Waals surface area contributed by atoms with Gasteiger partial charge in [-0.1, -0.05) is 118 Å². The van der Waals surface area contributed by atoms with Crippen molar-refractivity contribution in [2.45, 2.75) is 149 Å². The fourth-order valence-corrected chi connectivity index (χ4v) is 4.60. The van der Waals surface area contributed by atoms with E-state index >= 15 is 0 Å². The van der Waals surface area contributed by atoms with Gasteiger partial charge in [0.2, 0.25) is 0 Å². The Morgan fingerprint density at radius 1 is 0.690 bits per heavy atom. The van der Waals surface area contributed by atoms with Crippen LogP contribution in [-0.2, 0) is 0 Å². The number of rotatable bonds is 19. The average Bonchev–Trinajstić information content (AvgIpc) is 3.18. The second-order valence-corrected chi connectivity index (χ2v) is 9.71. The van der Waals surface area contributed by atoms with Gasteiger partial charge in [-0.2, -0.15) is 0 Å². The molecule has 0 N–H and O–H groups in total. The van der Waals surface area contributed by atoms with Crippen LogP contribution in [0, 0.1) is 5.92 Å². The predicted octanol–water partition coefficient (Wildman–Crippen LogP) is 9.47. The Bertz CT molecular complexity index is 477. The molecule has 0 aliphatic heterocycles. The topological polar surface area (TPSA) is 17.8 Å². The van der Waals surface area contributed by atoms with Crippen LogP contribution in [-0.4, -0.2) is 9.55 Å². The van der Waals surface area contributed by atoms with Crippen LogP contribution in [0.4, 0.5) is 0 Å². The van der Waals surface area contributed by atoms with Crippen molar-refractivity contribution in [3.63, 3.8) is 0 Å². The molecule has 0 spiro atoms. The number of unbranched alkanes of at least 4 members (excludes halogenated alkanes) is 12. The number of imidazole rings is 1. The highest BCUT2D eigenvalue weighted by Crippen LogP contribution is 2.31. The minimum atomic E-state index is 0.582. The molecule has 0 aromatic carbocycles. The van der Waals surface area contributed by atoms with Gasteiger partial charge in [0.15, 0.2) is 0 Å². The van der Waals surface area contributed by atoms with Gasteiger partial charge in [0.05, 0.1) is 0 Å². The monoisotopic (exact) mass is 404 g/mol. The van der Waals surface area contributed by atoms with Crippen molar-refractivity contribution in [1.82, 2.24) is 9.55 Å². The Kier molecular flexibility index (Phi) is 15.3. The van der Waals surface area contributed by atoms with Crippen LogP contribution in [0.1, 0.15) is 155 Å². The largest absolute Gasteiger partial charge is 0.332 e. The molecular formula is C27H52N2. The summed E-state index contributed by atoms with van der Waals surface area (Å²) in [7, 11) is 0. The van der Waals surface area contributed by atoms with Crippen molar-refractivity contribution in [3.8, 4) is 0 Å². The molecule has 0 saturated carbocycles. The molecule has 29 heavy (non-hydrogen) atoms. The first-order valence-electron chi connectivity index (χ1n) is 13.1. The molecule has 2 heteroatoms. The standard InChI is InChI=1S/C27H52N2/c1-6-8-10-12-13-14-15-17-19-21-26(24(3)4)27-28-22-23-29(27)25(5)20-18-16-11-9-7-2/h22-26H,6-21H2,1-5H3. The van der Waals surface area contributed by atoms with E-state index in [1.54, 1.807) is 0 Å². The second-order valence-electron chi connectivity index (χ2n) is 9.71. The highest BCUT2D eigenvalue weighted by atomic mass is 15.1. The van der Waals surface area contributed by atoms with E-state index in [1.807, 2.05) is 6.20 Å². The van der Waals surface area contributed by atoms with Crippen molar-refractivity contribution in [1.29, 1.82) is 0 Å². The first-order chi connectivity index (χ1) is 14.1. The minimum absolute atomic E-state index is 0.582. The Hall–Kier alpha value is -0.790. The molecule has 1 rings (SSSR count). The summed E-state index contributed by atoms with van der Waals surface area (Å²) in [5.41, 5.74) is 0. The lowest BCUT2D eigenvalue weighted by Crippen LogP contribution is -2.16. The quantitative estimate of drug-likeness (QED) is 0.210. The molecule has 0 aliphatic rings. The van der Waals surface area contributed by atoms with E-state index in [-0.39, 0.29) is 0 Å². The Morgan fingerprint density at radius 3 is 1.69 bits per heavy atom. The van der Waals surface area contributed by atoms with E-state index in [4.69, 9.17) is 4.98 Å². The van der Waals surface area contributed by atoms with Crippen molar-refractivity contribution < 1.29 is 0 Å². The summed E-state index contributed by atoms with van der Waals surface area (Å²) in [4.78, 5) is 4.84. The van der Waals surface area contributed by atoms with Gasteiger partial charge in [0.1, 0.15) is 5.82 Å². The highest BCUT2D eigenvalue weighted by Gasteiger charge is 2.22. The van der Waals surface area contributed by atoms with Crippen molar-refractivity contribution in [3.05, 3.63) is 18.2 Å². The van der Waals surface area contributed by atoms with Gasteiger partial charge in [-0.15, -0.1) is 0 Å². The smallest absolute Gasteiger partial charge is 0.112 e. The van der Waals surface area contributed by atoms with Gasteiger partial charge in [-0.25, -0.2) is 4.98 Å². The van der Waals surface area contributed by atoms with E-state index in [0.717, 1.165) is 0 Å². The fraction of sp³-hybridized carbons (Fsp3) is 0.889. The minimum Gasteiger partial charge on any atom is -0.332 e. The van der Waals surface area contributed by atoms with Crippen LogP contribution >= 0.6 is 0 Å². The maximum atomic E-state index is 4.84. The molecule has 0 amide bonds. The predicted molar refractivity (Wildman–Crippen MR) is 130 cm³/mol. The molecule has 0 saturated heterocycles.